The van der Waals surface area contributed by atoms with Crippen LogP contribution in [0.25, 0.3) is 0 Å². The Morgan fingerprint density at radius 1 is 1.33 bits per heavy atom. The van der Waals surface area contributed by atoms with E-state index in [0.29, 0.717) is 4.83 Å². The second-order valence-corrected chi connectivity index (χ2v) is 6.18. The normalized spacial score (nSPS) is 19.5. The molecule has 1 aromatic carbocycles. The van der Waals surface area contributed by atoms with E-state index in [2.05, 4.69) is 15.9 Å². The van der Waals surface area contributed by atoms with Crippen LogP contribution in [0.15, 0.2) is 18.2 Å². The molecule has 1 amide bonds. The highest BCUT2D eigenvalue weighted by molar-refractivity contribution is 9.09. The molecule has 1 saturated heterocycles. The van der Waals surface area contributed by atoms with Crippen LogP contribution in [0, 0.1) is 0 Å². The average molecular weight is 310 g/mol. The first-order valence-corrected chi connectivity index (χ1v) is 7.34. The molecule has 1 fully saturated rings. The second kappa shape index (κ2) is 4.92. The Balaban J connectivity index is 1.76. The zero-order valence-electron chi connectivity index (χ0n) is 10.2. The van der Waals surface area contributed by atoms with Gasteiger partial charge in [-0.25, -0.2) is 0 Å². The van der Waals surface area contributed by atoms with Gasteiger partial charge in [0.1, 0.15) is 5.75 Å². The molecular formula is C14H16BrNO2. The molecule has 0 atom stereocenters. The zero-order valence-corrected chi connectivity index (χ0v) is 11.8. The molecule has 0 aliphatic carbocycles. The number of halogens is 1. The van der Waals surface area contributed by atoms with Gasteiger partial charge in [-0.3, -0.25) is 4.79 Å². The van der Waals surface area contributed by atoms with Gasteiger partial charge in [0.15, 0.2) is 0 Å². The van der Waals surface area contributed by atoms with E-state index in [9.17, 15) is 4.79 Å². The quantitative estimate of drug-likeness (QED) is 0.746. The summed E-state index contributed by atoms with van der Waals surface area (Å²) in [5.74, 6) is 1.09. The number of piperidine rings is 1. The fraction of sp³-hybridized carbons (Fsp3) is 0.500. The Hall–Kier alpha value is -1.03. The maximum absolute atomic E-state index is 12.4. The lowest BCUT2D eigenvalue weighted by molar-refractivity contribution is 0.0728. The number of amides is 1. The van der Waals surface area contributed by atoms with Crippen LogP contribution in [-0.2, 0) is 6.42 Å². The van der Waals surface area contributed by atoms with E-state index in [0.717, 1.165) is 55.8 Å². The number of fused-ring (bicyclic) bond motifs is 1. The molecule has 2 aliphatic rings. The molecule has 0 N–H and O–H groups in total. The lowest BCUT2D eigenvalue weighted by Crippen LogP contribution is -2.38. The first-order chi connectivity index (χ1) is 8.74. The maximum atomic E-state index is 12.4. The molecule has 3 nitrogen and oxygen atoms in total. The molecule has 0 spiro atoms. The third kappa shape index (κ3) is 2.26. The number of carbonyl (C=O) groups is 1. The highest BCUT2D eigenvalue weighted by Crippen LogP contribution is 2.27. The van der Waals surface area contributed by atoms with Crippen molar-refractivity contribution in [3.8, 4) is 5.75 Å². The molecule has 2 aliphatic heterocycles. The van der Waals surface area contributed by atoms with E-state index >= 15 is 0 Å². The third-order valence-corrected chi connectivity index (χ3v) is 4.56. The van der Waals surface area contributed by atoms with Crippen molar-refractivity contribution >= 4 is 21.8 Å². The molecule has 0 saturated carbocycles. The van der Waals surface area contributed by atoms with Crippen molar-refractivity contribution < 1.29 is 9.53 Å². The van der Waals surface area contributed by atoms with E-state index in [1.165, 1.54) is 0 Å². The molecule has 0 aromatic heterocycles. The first-order valence-electron chi connectivity index (χ1n) is 6.43. The van der Waals surface area contributed by atoms with Crippen LogP contribution >= 0.6 is 15.9 Å². The number of hydrogen-bond acceptors (Lipinski definition) is 2. The highest BCUT2D eigenvalue weighted by atomic mass is 79.9. The summed E-state index contributed by atoms with van der Waals surface area (Å²) in [6.45, 7) is 2.44. The van der Waals surface area contributed by atoms with Crippen molar-refractivity contribution in [3.05, 3.63) is 29.3 Å². The zero-order chi connectivity index (χ0) is 12.5. The summed E-state index contributed by atoms with van der Waals surface area (Å²) < 4.78 is 5.46. The van der Waals surface area contributed by atoms with Gasteiger partial charge in [0, 0.05) is 29.9 Å². The van der Waals surface area contributed by atoms with Gasteiger partial charge < -0.3 is 9.64 Å². The fourth-order valence-corrected chi connectivity index (χ4v) is 2.96. The molecule has 2 heterocycles. The fourth-order valence-electron chi connectivity index (χ4n) is 2.55. The van der Waals surface area contributed by atoms with E-state index in [4.69, 9.17) is 4.74 Å². The van der Waals surface area contributed by atoms with Crippen LogP contribution in [0.4, 0.5) is 0 Å². The Morgan fingerprint density at radius 3 is 2.89 bits per heavy atom. The Morgan fingerprint density at radius 2 is 2.11 bits per heavy atom. The van der Waals surface area contributed by atoms with Crippen LogP contribution in [0.1, 0.15) is 28.8 Å². The summed E-state index contributed by atoms with van der Waals surface area (Å²) in [5.41, 5.74) is 1.96. The van der Waals surface area contributed by atoms with Gasteiger partial charge in [-0.2, -0.15) is 0 Å². The highest BCUT2D eigenvalue weighted by Gasteiger charge is 2.23. The number of nitrogens with zero attached hydrogens (tertiary/aromatic N) is 1. The minimum Gasteiger partial charge on any atom is -0.493 e. The van der Waals surface area contributed by atoms with Crippen LogP contribution in [0.3, 0.4) is 0 Å². The predicted molar refractivity (Wildman–Crippen MR) is 73.5 cm³/mol. The van der Waals surface area contributed by atoms with Gasteiger partial charge in [-0.15, -0.1) is 0 Å². The lowest BCUT2D eigenvalue weighted by atomic mass is 10.1. The molecule has 96 valence electrons. The van der Waals surface area contributed by atoms with Gasteiger partial charge >= 0.3 is 0 Å². The van der Waals surface area contributed by atoms with E-state index in [-0.39, 0.29) is 5.91 Å². The number of ether oxygens (including phenoxy) is 1. The molecule has 18 heavy (non-hydrogen) atoms. The number of hydrogen-bond donors (Lipinski definition) is 0. The Labute approximate surface area is 115 Å². The van der Waals surface area contributed by atoms with Crippen LogP contribution in [0.2, 0.25) is 0 Å². The summed E-state index contributed by atoms with van der Waals surface area (Å²) in [6, 6.07) is 5.80. The van der Waals surface area contributed by atoms with E-state index < -0.39 is 0 Å². The molecule has 0 bridgehead atoms. The number of carbonyl (C=O) groups excluding carboxylic acids is 1. The van der Waals surface area contributed by atoms with Crippen molar-refractivity contribution in [1.82, 2.24) is 4.90 Å². The van der Waals surface area contributed by atoms with Gasteiger partial charge in [0.2, 0.25) is 0 Å². The summed E-state index contributed by atoms with van der Waals surface area (Å²) in [7, 11) is 0. The molecule has 3 rings (SSSR count). The number of likely N-dealkylation sites (tertiary alicyclic amines) is 1. The second-order valence-electron chi connectivity index (χ2n) is 4.89. The molecule has 4 heteroatoms. The minimum atomic E-state index is 0.157. The summed E-state index contributed by atoms with van der Waals surface area (Å²) in [4.78, 5) is 14.9. The Bertz CT molecular complexity index is 467. The topological polar surface area (TPSA) is 29.5 Å². The Kier molecular flexibility index (Phi) is 3.29. The molecule has 0 radical (unpaired) electrons. The monoisotopic (exact) mass is 309 g/mol. The smallest absolute Gasteiger partial charge is 0.253 e. The average Bonchev–Trinajstić information content (AvgIpc) is 2.86. The van der Waals surface area contributed by atoms with Gasteiger partial charge in [-0.05, 0) is 36.6 Å². The summed E-state index contributed by atoms with van der Waals surface area (Å²) >= 11 is 3.61. The molecule has 1 aromatic rings. The predicted octanol–water partition coefficient (Wildman–Crippen LogP) is 2.62. The minimum absolute atomic E-state index is 0.157. The molecular weight excluding hydrogens is 294 g/mol. The summed E-state index contributed by atoms with van der Waals surface area (Å²) in [6.07, 6.45) is 3.00. The first kappa shape index (κ1) is 12.0. The van der Waals surface area contributed by atoms with Crippen molar-refractivity contribution in [3.63, 3.8) is 0 Å². The van der Waals surface area contributed by atoms with Crippen LogP contribution < -0.4 is 4.74 Å². The van der Waals surface area contributed by atoms with E-state index in [1.807, 2.05) is 23.1 Å². The largest absolute Gasteiger partial charge is 0.493 e. The number of alkyl halides is 1. The summed E-state index contributed by atoms with van der Waals surface area (Å²) in [5, 5.41) is 0. The third-order valence-electron chi connectivity index (χ3n) is 3.65. The SMILES string of the molecule is O=C(c1ccc2c(c1)CCO2)N1CCC(Br)CC1. The van der Waals surface area contributed by atoms with Gasteiger partial charge in [0.25, 0.3) is 5.91 Å². The van der Waals surface area contributed by atoms with Gasteiger partial charge in [-0.1, -0.05) is 15.9 Å². The number of rotatable bonds is 1. The van der Waals surface area contributed by atoms with Crippen molar-refractivity contribution in [1.29, 1.82) is 0 Å². The standard InChI is InChI=1S/C14H16BrNO2/c15-12-3-6-16(7-4-12)14(17)11-1-2-13-10(9-11)5-8-18-13/h1-2,9,12H,3-8H2. The van der Waals surface area contributed by atoms with Crippen LogP contribution in [-0.4, -0.2) is 35.3 Å². The van der Waals surface area contributed by atoms with Gasteiger partial charge in [0.05, 0.1) is 6.61 Å². The lowest BCUT2D eigenvalue weighted by Gasteiger charge is -2.29. The maximum Gasteiger partial charge on any atom is 0.253 e. The van der Waals surface area contributed by atoms with Crippen molar-refractivity contribution in [2.24, 2.45) is 0 Å². The number of benzene rings is 1. The van der Waals surface area contributed by atoms with Crippen LogP contribution in [0.5, 0.6) is 5.75 Å². The van der Waals surface area contributed by atoms with Crippen molar-refractivity contribution in [2.75, 3.05) is 19.7 Å². The van der Waals surface area contributed by atoms with Crippen molar-refractivity contribution in [2.45, 2.75) is 24.1 Å². The molecule has 0 unspecified atom stereocenters. The van der Waals surface area contributed by atoms with E-state index in [1.54, 1.807) is 0 Å².